The number of likely N-dealkylation sites (tertiary alicyclic amines) is 1. The van der Waals surface area contributed by atoms with Gasteiger partial charge >= 0.3 is 5.97 Å². The maximum Gasteiger partial charge on any atom is 0.302 e. The molecule has 2 fully saturated rings. The zero-order valence-corrected chi connectivity index (χ0v) is 18.3. The van der Waals surface area contributed by atoms with Crippen molar-refractivity contribution in [1.82, 2.24) is 4.90 Å². The average Bonchev–Trinajstić information content (AvgIpc) is 2.60. The van der Waals surface area contributed by atoms with Gasteiger partial charge in [-0.15, -0.1) is 0 Å². The number of piperidine rings is 1. The Bertz CT molecular complexity index is 583. The lowest BCUT2D eigenvalue weighted by atomic mass is 9.65. The van der Waals surface area contributed by atoms with Gasteiger partial charge in [-0.25, -0.2) is 0 Å². The predicted octanol–water partition coefficient (Wildman–Crippen LogP) is 3.52. The van der Waals surface area contributed by atoms with Crippen LogP contribution in [-0.2, 0) is 23.8 Å². The molecule has 3 unspecified atom stereocenters. The lowest BCUT2D eigenvalue weighted by molar-refractivity contribution is -0.366. The zero-order chi connectivity index (χ0) is 20.7. The molecule has 0 aromatic heterocycles. The third kappa shape index (κ3) is 3.75. The number of ether oxygens (including phenoxy) is 3. The Hall–Kier alpha value is -1.14. The Labute approximate surface area is 163 Å². The maximum absolute atomic E-state index is 12.6. The molecule has 0 saturated carbocycles. The number of carbonyl (C=O) groups is 2. The van der Waals surface area contributed by atoms with Gasteiger partial charge in [0.25, 0.3) is 0 Å². The molecular weight excluding hydrogens is 346 g/mol. The predicted molar refractivity (Wildman–Crippen MR) is 103 cm³/mol. The first-order valence-electron chi connectivity index (χ1n) is 10.1. The summed E-state index contributed by atoms with van der Waals surface area (Å²) in [5.41, 5.74) is -1.06. The normalized spacial score (nSPS) is 42.2. The molecule has 6 heteroatoms. The molecule has 0 bridgehead atoms. The van der Waals surface area contributed by atoms with E-state index < -0.39 is 5.79 Å². The fourth-order valence-electron chi connectivity index (χ4n) is 4.92. The van der Waals surface area contributed by atoms with Gasteiger partial charge in [-0.2, -0.15) is 0 Å². The number of hydrogen-bond donors (Lipinski definition) is 0. The van der Waals surface area contributed by atoms with Crippen molar-refractivity contribution in [3.63, 3.8) is 0 Å². The fourth-order valence-corrected chi connectivity index (χ4v) is 4.92. The molecule has 2 aliphatic rings. The van der Waals surface area contributed by atoms with Crippen LogP contribution >= 0.6 is 0 Å². The Kier molecular flexibility index (Phi) is 6.04. The Morgan fingerprint density at radius 2 is 1.63 bits per heavy atom. The van der Waals surface area contributed by atoms with E-state index in [9.17, 15) is 9.59 Å². The smallest absolute Gasteiger partial charge is 0.302 e. The second kappa shape index (κ2) is 7.36. The van der Waals surface area contributed by atoms with Crippen LogP contribution in [-0.4, -0.2) is 53.5 Å². The molecule has 0 aliphatic carbocycles. The lowest BCUT2D eigenvalue weighted by Crippen LogP contribution is -2.74. The number of rotatable bonds is 4. The van der Waals surface area contributed by atoms with Gasteiger partial charge in [-0.05, 0) is 26.7 Å². The number of amides is 1. The van der Waals surface area contributed by atoms with Crippen molar-refractivity contribution in [1.29, 1.82) is 0 Å². The summed E-state index contributed by atoms with van der Waals surface area (Å²) in [7, 11) is 0. The molecule has 0 N–H and O–H groups in total. The molecule has 0 aromatic rings. The van der Waals surface area contributed by atoms with E-state index in [-0.39, 0.29) is 40.9 Å². The highest BCUT2D eigenvalue weighted by atomic mass is 16.7. The van der Waals surface area contributed by atoms with Crippen LogP contribution in [0.25, 0.3) is 0 Å². The van der Waals surface area contributed by atoms with E-state index in [4.69, 9.17) is 14.2 Å². The molecular formula is C21H37NO5. The molecule has 1 spiro atoms. The van der Waals surface area contributed by atoms with Crippen molar-refractivity contribution in [3.05, 3.63) is 0 Å². The molecule has 2 rings (SSSR count). The molecule has 156 valence electrons. The first-order valence-corrected chi connectivity index (χ1v) is 10.1. The summed E-state index contributed by atoms with van der Waals surface area (Å²) in [5, 5.41) is 0. The zero-order valence-electron chi connectivity index (χ0n) is 18.3. The van der Waals surface area contributed by atoms with Gasteiger partial charge in [0, 0.05) is 42.7 Å². The van der Waals surface area contributed by atoms with Crippen LogP contribution in [0, 0.1) is 11.3 Å². The summed E-state index contributed by atoms with van der Waals surface area (Å²) in [6.07, 6.45) is 2.28. The Morgan fingerprint density at radius 1 is 1.07 bits per heavy atom. The summed E-state index contributed by atoms with van der Waals surface area (Å²) >= 11 is 0. The minimum absolute atomic E-state index is 0.0109. The summed E-state index contributed by atoms with van der Waals surface area (Å²) < 4.78 is 18.1. The van der Waals surface area contributed by atoms with Gasteiger partial charge < -0.3 is 19.1 Å². The summed E-state index contributed by atoms with van der Waals surface area (Å²) in [6, 6.07) is 0. The van der Waals surface area contributed by atoms with Crippen LogP contribution in [0.15, 0.2) is 0 Å². The summed E-state index contributed by atoms with van der Waals surface area (Å²) in [5.74, 6) is -0.925. The van der Waals surface area contributed by atoms with Gasteiger partial charge in [-0.3, -0.25) is 9.59 Å². The molecule has 2 heterocycles. The fraction of sp³-hybridized carbons (Fsp3) is 0.905. The quantitative estimate of drug-likeness (QED) is 0.695. The van der Waals surface area contributed by atoms with Crippen LogP contribution in [0.2, 0.25) is 0 Å². The van der Waals surface area contributed by atoms with E-state index in [0.717, 1.165) is 12.8 Å². The number of esters is 1. The molecule has 0 aromatic carbocycles. The van der Waals surface area contributed by atoms with E-state index in [1.807, 2.05) is 6.92 Å². The number of hydrogen-bond acceptors (Lipinski definition) is 5. The van der Waals surface area contributed by atoms with E-state index >= 15 is 0 Å². The maximum atomic E-state index is 12.6. The largest absolute Gasteiger partial charge is 0.465 e. The minimum atomic E-state index is -0.739. The topological polar surface area (TPSA) is 65.1 Å². The van der Waals surface area contributed by atoms with Gasteiger partial charge in [0.1, 0.15) is 6.61 Å². The third-order valence-electron chi connectivity index (χ3n) is 7.02. The van der Waals surface area contributed by atoms with Gasteiger partial charge in [0.05, 0.1) is 13.2 Å². The highest BCUT2D eigenvalue weighted by Crippen LogP contribution is 2.54. The van der Waals surface area contributed by atoms with E-state index in [2.05, 4.69) is 39.5 Å². The van der Waals surface area contributed by atoms with Crippen molar-refractivity contribution in [2.24, 2.45) is 11.3 Å². The van der Waals surface area contributed by atoms with Crippen LogP contribution < -0.4 is 0 Å². The van der Waals surface area contributed by atoms with Gasteiger partial charge in [0.15, 0.2) is 5.79 Å². The second-order valence-electron chi connectivity index (χ2n) is 9.29. The van der Waals surface area contributed by atoms with Crippen molar-refractivity contribution in [2.75, 3.05) is 19.8 Å². The first kappa shape index (κ1) is 22.2. The van der Waals surface area contributed by atoms with Crippen molar-refractivity contribution < 1.29 is 23.8 Å². The van der Waals surface area contributed by atoms with Crippen molar-refractivity contribution in [3.8, 4) is 0 Å². The average molecular weight is 384 g/mol. The van der Waals surface area contributed by atoms with Crippen molar-refractivity contribution >= 4 is 11.9 Å². The van der Waals surface area contributed by atoms with Gasteiger partial charge in [-0.1, -0.05) is 27.7 Å². The van der Waals surface area contributed by atoms with E-state index in [0.29, 0.717) is 19.6 Å². The lowest BCUT2D eigenvalue weighted by Gasteiger charge is -2.65. The monoisotopic (exact) mass is 383 g/mol. The molecule has 1 amide bonds. The molecule has 6 nitrogen and oxygen atoms in total. The van der Waals surface area contributed by atoms with Crippen LogP contribution in [0.4, 0.5) is 0 Å². The van der Waals surface area contributed by atoms with Crippen molar-refractivity contribution in [2.45, 2.75) is 91.5 Å². The third-order valence-corrected chi connectivity index (χ3v) is 7.02. The van der Waals surface area contributed by atoms with E-state index in [1.54, 1.807) is 6.92 Å². The highest BCUT2D eigenvalue weighted by molar-refractivity contribution is 5.75. The molecule has 2 aliphatic heterocycles. The van der Waals surface area contributed by atoms with Crippen LogP contribution in [0.1, 0.15) is 74.7 Å². The summed E-state index contributed by atoms with van der Waals surface area (Å²) in [6.45, 7) is 16.9. The summed E-state index contributed by atoms with van der Waals surface area (Å²) in [4.78, 5) is 25.9. The molecule has 0 radical (unpaired) electrons. The Balaban J connectivity index is 2.33. The highest BCUT2D eigenvalue weighted by Gasteiger charge is 2.63. The molecule has 27 heavy (non-hydrogen) atoms. The van der Waals surface area contributed by atoms with Gasteiger partial charge in [0.2, 0.25) is 5.91 Å². The van der Waals surface area contributed by atoms with Crippen LogP contribution in [0.3, 0.4) is 0 Å². The minimum Gasteiger partial charge on any atom is -0.465 e. The standard InChI is InChI=1S/C21H37NO5/c1-9-19(7)11-21(15(3)20(8,10-2)22(19)16(4)23)26-13-18(6,14-27-21)12-25-17(5)24/h15H,9-14H2,1-8H3. The number of carbonyl (C=O) groups excluding carboxylic acids is 2. The number of nitrogens with zero attached hydrogens (tertiary/aromatic N) is 1. The molecule has 3 atom stereocenters. The Morgan fingerprint density at radius 3 is 2.04 bits per heavy atom. The first-order chi connectivity index (χ1) is 12.4. The van der Waals surface area contributed by atoms with E-state index in [1.165, 1.54) is 6.92 Å². The SMILES string of the molecule is CCC1(C)CC2(OCC(C)(COC(C)=O)CO2)C(C)C(C)(CC)N1C(C)=O. The molecule has 2 saturated heterocycles. The second-order valence-corrected chi connectivity index (χ2v) is 9.29. The van der Waals surface area contributed by atoms with Crippen LogP contribution in [0.5, 0.6) is 0 Å².